The molecule has 1 rings (SSSR count). The molecule has 0 aliphatic carbocycles. The number of likely N-dealkylation sites (tertiary alicyclic amines) is 1. The van der Waals surface area contributed by atoms with Crippen LogP contribution in [-0.4, -0.2) is 31.1 Å². The van der Waals surface area contributed by atoms with Gasteiger partial charge in [-0.05, 0) is 32.4 Å². The number of hydrogen-bond donors (Lipinski definition) is 1. The number of hydrogen-bond acceptors (Lipinski definition) is 2. The molecule has 2 heteroatoms. The fourth-order valence-electron chi connectivity index (χ4n) is 1.63. The van der Waals surface area contributed by atoms with Crippen LogP contribution in [0.4, 0.5) is 0 Å². The molecule has 1 aliphatic heterocycles. The zero-order valence-electron chi connectivity index (χ0n) is 7.34. The average Bonchev–Trinajstić information content (AvgIpc) is 2.34. The molecule has 1 fully saturated rings. The quantitative estimate of drug-likeness (QED) is 0.610. The highest BCUT2D eigenvalue weighted by atomic mass is 15.1. The smallest absolute Gasteiger partial charge is 0.0187 e. The Balaban J connectivity index is 2.24. The van der Waals surface area contributed by atoms with E-state index >= 15 is 0 Å². The topological polar surface area (TPSA) is 29.3 Å². The van der Waals surface area contributed by atoms with Gasteiger partial charge in [-0.3, -0.25) is 4.90 Å². The van der Waals surface area contributed by atoms with E-state index in [1.165, 1.54) is 25.1 Å². The van der Waals surface area contributed by atoms with Crippen molar-refractivity contribution in [2.45, 2.75) is 13.3 Å². The summed E-state index contributed by atoms with van der Waals surface area (Å²) in [4.78, 5) is 2.43. The van der Waals surface area contributed by atoms with E-state index < -0.39 is 0 Å². The van der Waals surface area contributed by atoms with Crippen LogP contribution in [0.2, 0.25) is 0 Å². The molecule has 1 saturated heterocycles. The maximum atomic E-state index is 5.58. The molecule has 0 bridgehead atoms. The normalized spacial score (nSPS) is 25.8. The van der Waals surface area contributed by atoms with Gasteiger partial charge < -0.3 is 5.73 Å². The van der Waals surface area contributed by atoms with Gasteiger partial charge in [0.2, 0.25) is 0 Å². The van der Waals surface area contributed by atoms with Crippen molar-refractivity contribution in [3.63, 3.8) is 0 Å². The second-order valence-electron chi connectivity index (χ2n) is 3.58. The van der Waals surface area contributed by atoms with E-state index in [2.05, 4.69) is 18.4 Å². The van der Waals surface area contributed by atoms with Crippen LogP contribution in [0, 0.1) is 5.92 Å². The lowest BCUT2D eigenvalue weighted by Crippen LogP contribution is -2.24. The van der Waals surface area contributed by atoms with Crippen molar-refractivity contribution in [1.82, 2.24) is 4.90 Å². The third-order valence-electron chi connectivity index (χ3n) is 2.20. The van der Waals surface area contributed by atoms with E-state index in [1.807, 2.05) is 0 Å². The fraction of sp³-hybridized carbons (Fsp3) is 0.778. The number of nitrogens with two attached hydrogens (primary N) is 1. The summed E-state index contributed by atoms with van der Waals surface area (Å²) in [5, 5.41) is 0. The van der Waals surface area contributed by atoms with E-state index in [4.69, 9.17) is 5.73 Å². The van der Waals surface area contributed by atoms with Crippen molar-refractivity contribution < 1.29 is 0 Å². The molecule has 2 N–H and O–H groups in total. The summed E-state index contributed by atoms with van der Waals surface area (Å²) in [6, 6.07) is 0. The summed E-state index contributed by atoms with van der Waals surface area (Å²) in [5.41, 5.74) is 6.83. The Labute approximate surface area is 69.1 Å². The van der Waals surface area contributed by atoms with Crippen molar-refractivity contribution in [3.05, 3.63) is 12.2 Å². The molecule has 1 unspecified atom stereocenters. The Kier molecular flexibility index (Phi) is 3.09. The molecule has 1 aliphatic rings. The highest BCUT2D eigenvalue weighted by Crippen LogP contribution is 2.15. The second kappa shape index (κ2) is 3.88. The standard InChI is InChI=1S/C9H18N2/c1-8(2)6-11-4-3-9(5-10)7-11/h9H,1,3-7,10H2,2H3. The van der Waals surface area contributed by atoms with Gasteiger partial charge in [-0.15, -0.1) is 0 Å². The maximum Gasteiger partial charge on any atom is 0.0187 e. The summed E-state index contributed by atoms with van der Waals surface area (Å²) in [6.07, 6.45) is 1.27. The van der Waals surface area contributed by atoms with Crippen molar-refractivity contribution in [1.29, 1.82) is 0 Å². The fourth-order valence-corrected chi connectivity index (χ4v) is 1.63. The first kappa shape index (κ1) is 8.75. The molecule has 0 saturated carbocycles. The lowest BCUT2D eigenvalue weighted by molar-refractivity contribution is 0.353. The molecular formula is C9H18N2. The van der Waals surface area contributed by atoms with Gasteiger partial charge in [0.1, 0.15) is 0 Å². The Morgan fingerprint density at radius 2 is 2.45 bits per heavy atom. The summed E-state index contributed by atoms with van der Waals surface area (Å²) in [5.74, 6) is 0.731. The minimum atomic E-state index is 0.731. The van der Waals surface area contributed by atoms with Gasteiger partial charge >= 0.3 is 0 Å². The summed E-state index contributed by atoms with van der Waals surface area (Å²) in [7, 11) is 0. The Morgan fingerprint density at radius 3 is 2.91 bits per heavy atom. The van der Waals surface area contributed by atoms with Crippen LogP contribution in [0.1, 0.15) is 13.3 Å². The van der Waals surface area contributed by atoms with Crippen molar-refractivity contribution in [2.75, 3.05) is 26.2 Å². The van der Waals surface area contributed by atoms with Gasteiger partial charge in [0, 0.05) is 13.1 Å². The Bertz CT molecular complexity index is 142. The molecule has 1 heterocycles. The molecule has 0 aromatic heterocycles. The van der Waals surface area contributed by atoms with E-state index in [-0.39, 0.29) is 0 Å². The highest BCUT2D eigenvalue weighted by Gasteiger charge is 2.20. The average molecular weight is 154 g/mol. The lowest BCUT2D eigenvalue weighted by Gasteiger charge is -2.14. The molecule has 0 spiro atoms. The SMILES string of the molecule is C=C(C)CN1CCC(CN)C1. The monoisotopic (exact) mass is 154 g/mol. The van der Waals surface area contributed by atoms with Crippen molar-refractivity contribution in [2.24, 2.45) is 11.7 Å². The number of nitrogens with zero attached hydrogens (tertiary/aromatic N) is 1. The molecule has 0 amide bonds. The highest BCUT2D eigenvalue weighted by molar-refractivity contribution is 4.93. The molecular weight excluding hydrogens is 136 g/mol. The zero-order valence-corrected chi connectivity index (χ0v) is 7.34. The third-order valence-corrected chi connectivity index (χ3v) is 2.20. The minimum absolute atomic E-state index is 0.731. The van der Waals surface area contributed by atoms with Crippen molar-refractivity contribution >= 4 is 0 Å². The third kappa shape index (κ3) is 2.64. The molecule has 1 atom stereocenters. The van der Waals surface area contributed by atoms with Gasteiger partial charge in [0.05, 0.1) is 0 Å². The predicted octanol–water partition coefficient (Wildman–Crippen LogP) is 0.843. The van der Waals surface area contributed by atoms with Crippen LogP contribution in [0.25, 0.3) is 0 Å². The predicted molar refractivity (Wildman–Crippen MR) is 48.4 cm³/mol. The molecule has 11 heavy (non-hydrogen) atoms. The minimum Gasteiger partial charge on any atom is -0.330 e. The summed E-state index contributed by atoms with van der Waals surface area (Å²) >= 11 is 0. The maximum absolute atomic E-state index is 5.58. The first-order chi connectivity index (χ1) is 5.22. The largest absolute Gasteiger partial charge is 0.330 e. The molecule has 0 aromatic carbocycles. The lowest BCUT2D eigenvalue weighted by atomic mass is 10.1. The zero-order chi connectivity index (χ0) is 8.27. The van der Waals surface area contributed by atoms with Gasteiger partial charge in [0.15, 0.2) is 0 Å². The molecule has 64 valence electrons. The second-order valence-corrected chi connectivity index (χ2v) is 3.58. The van der Waals surface area contributed by atoms with Gasteiger partial charge in [-0.2, -0.15) is 0 Å². The summed E-state index contributed by atoms with van der Waals surface area (Å²) < 4.78 is 0. The van der Waals surface area contributed by atoms with Gasteiger partial charge in [-0.1, -0.05) is 12.2 Å². The van der Waals surface area contributed by atoms with E-state index in [9.17, 15) is 0 Å². The molecule has 2 nitrogen and oxygen atoms in total. The van der Waals surface area contributed by atoms with Crippen LogP contribution in [-0.2, 0) is 0 Å². The first-order valence-corrected chi connectivity index (χ1v) is 4.29. The van der Waals surface area contributed by atoms with Crippen LogP contribution >= 0.6 is 0 Å². The molecule has 0 aromatic rings. The number of rotatable bonds is 3. The first-order valence-electron chi connectivity index (χ1n) is 4.29. The molecule has 0 radical (unpaired) electrons. The Hall–Kier alpha value is -0.340. The van der Waals surface area contributed by atoms with E-state index in [1.54, 1.807) is 0 Å². The van der Waals surface area contributed by atoms with Crippen LogP contribution in [0.15, 0.2) is 12.2 Å². The van der Waals surface area contributed by atoms with Gasteiger partial charge in [0.25, 0.3) is 0 Å². The van der Waals surface area contributed by atoms with Crippen LogP contribution < -0.4 is 5.73 Å². The Morgan fingerprint density at radius 1 is 1.73 bits per heavy atom. The van der Waals surface area contributed by atoms with Crippen molar-refractivity contribution in [3.8, 4) is 0 Å². The van der Waals surface area contributed by atoms with E-state index in [0.717, 1.165) is 19.0 Å². The summed E-state index contributed by atoms with van der Waals surface area (Å²) in [6.45, 7) is 10.2. The van der Waals surface area contributed by atoms with Crippen LogP contribution in [0.5, 0.6) is 0 Å². The van der Waals surface area contributed by atoms with Gasteiger partial charge in [-0.25, -0.2) is 0 Å². The van der Waals surface area contributed by atoms with Crippen LogP contribution in [0.3, 0.4) is 0 Å². The van der Waals surface area contributed by atoms with E-state index in [0.29, 0.717) is 0 Å².